The maximum atomic E-state index is 12.0. The van der Waals surface area contributed by atoms with E-state index in [1.54, 1.807) is 4.57 Å². The van der Waals surface area contributed by atoms with Crippen LogP contribution < -0.4 is 11.4 Å². The molecular formula is C10H13N3O3. The summed E-state index contributed by atoms with van der Waals surface area (Å²) in [4.78, 5) is 27.7. The zero-order chi connectivity index (χ0) is 11.1. The number of hydrogen-bond donors (Lipinski definition) is 0. The van der Waals surface area contributed by atoms with Gasteiger partial charge in [-0.2, -0.15) is 4.98 Å². The molecule has 6 heteroatoms. The van der Waals surface area contributed by atoms with E-state index in [2.05, 4.69) is 4.98 Å². The lowest BCUT2D eigenvalue weighted by Crippen LogP contribution is -2.45. The summed E-state index contributed by atoms with van der Waals surface area (Å²) in [6.07, 6.45) is 2.73. The smallest absolute Gasteiger partial charge is 0.353 e. The number of ether oxygens (including phenoxy) is 1. The zero-order valence-corrected chi connectivity index (χ0v) is 8.89. The van der Waals surface area contributed by atoms with Gasteiger partial charge in [-0.1, -0.05) is 0 Å². The average Bonchev–Trinajstić information content (AvgIpc) is 3.08. The molecule has 0 spiro atoms. The Balaban J connectivity index is 2.10. The molecule has 16 heavy (non-hydrogen) atoms. The summed E-state index contributed by atoms with van der Waals surface area (Å²) in [5.41, 5.74) is -0.668. The molecule has 1 fully saturated rings. The molecule has 0 aliphatic carbocycles. The summed E-state index contributed by atoms with van der Waals surface area (Å²) in [6, 6.07) is 0. The van der Waals surface area contributed by atoms with E-state index in [1.165, 1.54) is 4.57 Å². The lowest BCUT2D eigenvalue weighted by atomic mass is 10.2. The molecule has 1 atom stereocenters. The zero-order valence-electron chi connectivity index (χ0n) is 8.89. The van der Waals surface area contributed by atoms with Gasteiger partial charge in [-0.05, 0) is 12.8 Å². The highest BCUT2D eigenvalue weighted by Gasteiger charge is 2.26. The van der Waals surface area contributed by atoms with Crippen molar-refractivity contribution in [3.63, 3.8) is 0 Å². The molecule has 0 amide bonds. The van der Waals surface area contributed by atoms with Crippen molar-refractivity contribution >= 4 is 0 Å². The predicted octanol–water partition coefficient (Wildman–Crippen LogP) is -0.860. The minimum atomic E-state index is -0.436. The molecule has 1 saturated heterocycles. The topological polar surface area (TPSA) is 69.4 Å². The molecule has 0 saturated carbocycles. The SMILES string of the molecule is O=c1nc2n(c(=O)n1CC1CO1)CCCC2. The van der Waals surface area contributed by atoms with Crippen LogP contribution in [-0.2, 0) is 24.2 Å². The van der Waals surface area contributed by atoms with E-state index in [0.29, 0.717) is 25.5 Å². The molecule has 0 N–H and O–H groups in total. The Kier molecular flexibility index (Phi) is 2.17. The van der Waals surface area contributed by atoms with E-state index < -0.39 is 5.69 Å². The highest BCUT2D eigenvalue weighted by molar-refractivity contribution is 4.93. The number of rotatable bonds is 2. The third-order valence-electron chi connectivity index (χ3n) is 3.05. The van der Waals surface area contributed by atoms with E-state index in [-0.39, 0.29) is 11.8 Å². The van der Waals surface area contributed by atoms with E-state index in [1.807, 2.05) is 0 Å². The second-order valence-corrected chi connectivity index (χ2v) is 4.27. The normalized spacial score (nSPS) is 22.9. The summed E-state index contributed by atoms with van der Waals surface area (Å²) in [5, 5.41) is 0. The van der Waals surface area contributed by atoms with Crippen LogP contribution in [0.4, 0.5) is 0 Å². The van der Waals surface area contributed by atoms with Crippen molar-refractivity contribution in [3.05, 3.63) is 26.8 Å². The quantitative estimate of drug-likeness (QED) is 0.612. The number of nitrogens with zero attached hydrogens (tertiary/aromatic N) is 3. The molecule has 1 aromatic heterocycles. The van der Waals surface area contributed by atoms with Gasteiger partial charge in [0.1, 0.15) is 5.82 Å². The van der Waals surface area contributed by atoms with Gasteiger partial charge in [-0.15, -0.1) is 0 Å². The minimum absolute atomic E-state index is 0.0226. The summed E-state index contributed by atoms with van der Waals surface area (Å²) >= 11 is 0. The molecule has 2 aliphatic rings. The first-order chi connectivity index (χ1) is 7.75. The van der Waals surface area contributed by atoms with E-state index in [9.17, 15) is 9.59 Å². The molecule has 1 aromatic rings. The van der Waals surface area contributed by atoms with Crippen molar-refractivity contribution in [1.29, 1.82) is 0 Å². The molecular weight excluding hydrogens is 210 g/mol. The summed E-state index contributed by atoms with van der Waals surface area (Å²) in [6.45, 7) is 1.64. The molecule has 2 aliphatic heterocycles. The van der Waals surface area contributed by atoms with Gasteiger partial charge in [0.2, 0.25) is 0 Å². The second kappa shape index (κ2) is 3.55. The van der Waals surface area contributed by atoms with E-state index in [0.717, 1.165) is 19.3 Å². The van der Waals surface area contributed by atoms with Crippen LogP contribution >= 0.6 is 0 Å². The predicted molar refractivity (Wildman–Crippen MR) is 55.4 cm³/mol. The van der Waals surface area contributed by atoms with Crippen molar-refractivity contribution in [3.8, 4) is 0 Å². The fourth-order valence-electron chi connectivity index (χ4n) is 2.07. The Morgan fingerprint density at radius 2 is 2.19 bits per heavy atom. The van der Waals surface area contributed by atoms with Gasteiger partial charge in [0.15, 0.2) is 0 Å². The van der Waals surface area contributed by atoms with Crippen LogP contribution in [0.3, 0.4) is 0 Å². The highest BCUT2D eigenvalue weighted by atomic mass is 16.6. The fraction of sp³-hybridized carbons (Fsp3) is 0.700. The molecule has 1 unspecified atom stereocenters. The number of fused-ring (bicyclic) bond motifs is 1. The van der Waals surface area contributed by atoms with E-state index in [4.69, 9.17) is 4.74 Å². The van der Waals surface area contributed by atoms with Gasteiger partial charge >= 0.3 is 11.4 Å². The maximum Gasteiger partial charge on any atom is 0.353 e. The van der Waals surface area contributed by atoms with Crippen molar-refractivity contribution < 1.29 is 4.74 Å². The van der Waals surface area contributed by atoms with Crippen LogP contribution in [0.25, 0.3) is 0 Å². The number of epoxide rings is 1. The van der Waals surface area contributed by atoms with E-state index >= 15 is 0 Å². The standard InChI is InChI=1S/C10H13N3O3/c14-9-11-8-3-1-2-4-12(8)10(15)13(9)5-7-6-16-7/h7H,1-6H2. The van der Waals surface area contributed by atoms with Crippen LogP contribution in [0.15, 0.2) is 9.59 Å². The second-order valence-electron chi connectivity index (χ2n) is 4.27. The molecule has 0 aromatic carbocycles. The maximum absolute atomic E-state index is 12.0. The monoisotopic (exact) mass is 223 g/mol. The average molecular weight is 223 g/mol. The summed E-state index contributed by atoms with van der Waals surface area (Å²) in [7, 11) is 0. The van der Waals surface area contributed by atoms with Crippen molar-refractivity contribution in [2.75, 3.05) is 6.61 Å². The molecule has 6 nitrogen and oxygen atoms in total. The number of hydrogen-bond acceptors (Lipinski definition) is 4. The Labute approximate surface area is 91.5 Å². The Morgan fingerprint density at radius 1 is 1.38 bits per heavy atom. The van der Waals surface area contributed by atoms with Crippen LogP contribution in [0, 0.1) is 0 Å². The van der Waals surface area contributed by atoms with Crippen molar-refractivity contribution in [2.45, 2.75) is 38.5 Å². The first-order valence-corrected chi connectivity index (χ1v) is 5.58. The highest BCUT2D eigenvalue weighted by Crippen LogP contribution is 2.10. The lowest BCUT2D eigenvalue weighted by Gasteiger charge is -2.17. The largest absolute Gasteiger partial charge is 0.371 e. The third kappa shape index (κ3) is 1.59. The molecule has 86 valence electrons. The van der Waals surface area contributed by atoms with Gasteiger partial charge in [-0.3, -0.25) is 4.57 Å². The van der Waals surface area contributed by atoms with Crippen LogP contribution in [-0.4, -0.2) is 26.8 Å². The number of aromatic nitrogens is 3. The van der Waals surface area contributed by atoms with Gasteiger partial charge in [0, 0.05) is 13.0 Å². The summed E-state index contributed by atoms with van der Waals surface area (Å²) in [5.74, 6) is 0.634. The molecule has 3 rings (SSSR count). The molecule has 3 heterocycles. The van der Waals surface area contributed by atoms with Gasteiger partial charge in [-0.25, -0.2) is 14.2 Å². The third-order valence-corrected chi connectivity index (χ3v) is 3.05. The first kappa shape index (κ1) is 9.77. The Bertz CT molecular complexity index is 527. The first-order valence-electron chi connectivity index (χ1n) is 5.58. The number of aryl methyl sites for hydroxylation is 1. The Hall–Kier alpha value is -1.43. The van der Waals surface area contributed by atoms with Gasteiger partial charge in [0.25, 0.3) is 0 Å². The van der Waals surface area contributed by atoms with Crippen LogP contribution in [0.1, 0.15) is 18.7 Å². The van der Waals surface area contributed by atoms with Crippen LogP contribution in [0.2, 0.25) is 0 Å². The summed E-state index contributed by atoms with van der Waals surface area (Å²) < 4.78 is 7.84. The van der Waals surface area contributed by atoms with Crippen molar-refractivity contribution in [2.24, 2.45) is 0 Å². The lowest BCUT2D eigenvalue weighted by molar-refractivity contribution is 0.362. The fourth-order valence-corrected chi connectivity index (χ4v) is 2.07. The molecule has 0 bridgehead atoms. The minimum Gasteiger partial charge on any atom is -0.371 e. The Morgan fingerprint density at radius 3 is 2.94 bits per heavy atom. The van der Waals surface area contributed by atoms with Gasteiger partial charge < -0.3 is 4.74 Å². The molecule has 0 radical (unpaired) electrons. The van der Waals surface area contributed by atoms with Crippen LogP contribution in [0.5, 0.6) is 0 Å². The van der Waals surface area contributed by atoms with Crippen molar-refractivity contribution in [1.82, 2.24) is 14.1 Å². The van der Waals surface area contributed by atoms with Gasteiger partial charge in [0.05, 0.1) is 19.3 Å².